The minimum Gasteiger partial charge on any atom is -0.380 e. The molecule has 0 saturated carbocycles. The molecule has 1 unspecified atom stereocenters. The number of anilines is 1. The SMILES string of the molecule is CC(=O)N1CCC(Nc2cccc(Sc3ccc(/C=C/C(=O)N4CCOCC4)c(C(F)(F)F)c3C(F)(F)F)c2)C1. The number of hydrogen-bond donors (Lipinski definition) is 1. The molecule has 2 amide bonds. The molecule has 2 aliphatic rings. The van der Waals surface area contributed by atoms with Crippen molar-refractivity contribution in [2.45, 2.75) is 41.5 Å². The zero-order valence-corrected chi connectivity index (χ0v) is 22.3. The van der Waals surface area contributed by atoms with Crippen LogP contribution in [-0.2, 0) is 26.7 Å². The van der Waals surface area contributed by atoms with Gasteiger partial charge in [-0.1, -0.05) is 23.9 Å². The first-order valence-corrected chi connectivity index (χ1v) is 13.3. The number of morpholine rings is 1. The highest BCUT2D eigenvalue weighted by molar-refractivity contribution is 7.99. The average molecular weight is 588 g/mol. The second-order valence-corrected chi connectivity index (χ2v) is 10.5. The van der Waals surface area contributed by atoms with Gasteiger partial charge in [-0.25, -0.2) is 0 Å². The Morgan fingerprint density at radius 1 is 0.975 bits per heavy atom. The summed E-state index contributed by atoms with van der Waals surface area (Å²) >= 11 is 0.567. The zero-order valence-electron chi connectivity index (χ0n) is 21.4. The summed E-state index contributed by atoms with van der Waals surface area (Å²) in [5, 5.41) is 3.23. The molecule has 4 rings (SSSR count). The third-order valence-corrected chi connectivity index (χ3v) is 7.61. The van der Waals surface area contributed by atoms with E-state index in [9.17, 15) is 35.9 Å². The van der Waals surface area contributed by atoms with Gasteiger partial charge in [-0.3, -0.25) is 9.59 Å². The molecule has 2 fully saturated rings. The summed E-state index contributed by atoms with van der Waals surface area (Å²) in [6.07, 6.45) is -8.33. The van der Waals surface area contributed by atoms with E-state index in [1.807, 2.05) is 0 Å². The molecule has 1 atom stereocenters. The second-order valence-electron chi connectivity index (χ2n) is 9.39. The molecular formula is C27H27F6N3O3S. The van der Waals surface area contributed by atoms with Crippen molar-refractivity contribution in [2.24, 2.45) is 0 Å². The van der Waals surface area contributed by atoms with E-state index in [0.29, 0.717) is 41.9 Å². The lowest BCUT2D eigenvalue weighted by Crippen LogP contribution is -2.39. The first-order valence-electron chi connectivity index (χ1n) is 12.5. The van der Waals surface area contributed by atoms with E-state index < -0.39 is 39.8 Å². The fourth-order valence-electron chi connectivity index (χ4n) is 4.64. The maximum Gasteiger partial charge on any atom is 0.418 e. The predicted molar refractivity (Wildman–Crippen MR) is 138 cm³/mol. The lowest BCUT2D eigenvalue weighted by molar-refractivity contribution is -0.163. The smallest absolute Gasteiger partial charge is 0.380 e. The highest BCUT2D eigenvalue weighted by Gasteiger charge is 2.46. The number of hydrogen-bond acceptors (Lipinski definition) is 5. The van der Waals surface area contributed by atoms with Crippen LogP contribution in [0.1, 0.15) is 30.0 Å². The van der Waals surface area contributed by atoms with E-state index in [2.05, 4.69) is 5.32 Å². The van der Waals surface area contributed by atoms with Crippen molar-refractivity contribution in [3.05, 3.63) is 59.2 Å². The van der Waals surface area contributed by atoms with Gasteiger partial charge in [0.05, 0.1) is 24.3 Å². The second kappa shape index (κ2) is 12.1. The third kappa shape index (κ3) is 7.30. The number of rotatable bonds is 6. The van der Waals surface area contributed by atoms with Gasteiger partial charge in [-0.05, 0) is 42.3 Å². The number of alkyl halides is 6. The Balaban J connectivity index is 1.63. The number of likely N-dealkylation sites (tertiary alicyclic amines) is 1. The Labute approximate surface area is 231 Å². The Bertz CT molecular complexity index is 1280. The van der Waals surface area contributed by atoms with Crippen molar-refractivity contribution in [3.8, 4) is 0 Å². The van der Waals surface area contributed by atoms with E-state index in [4.69, 9.17) is 4.74 Å². The minimum absolute atomic E-state index is 0.0574. The fourth-order valence-corrected chi connectivity index (χ4v) is 5.68. The van der Waals surface area contributed by atoms with E-state index in [1.54, 1.807) is 23.1 Å². The molecular weight excluding hydrogens is 560 g/mol. The van der Waals surface area contributed by atoms with Crippen molar-refractivity contribution in [1.82, 2.24) is 9.80 Å². The number of nitrogens with zero attached hydrogens (tertiary/aromatic N) is 2. The number of halogens is 6. The van der Waals surface area contributed by atoms with Crippen LogP contribution < -0.4 is 5.32 Å². The molecule has 13 heteroatoms. The van der Waals surface area contributed by atoms with E-state index in [1.165, 1.54) is 17.9 Å². The van der Waals surface area contributed by atoms with Gasteiger partial charge < -0.3 is 19.9 Å². The number of carbonyl (C=O) groups is 2. The van der Waals surface area contributed by atoms with Gasteiger partial charge in [0.1, 0.15) is 0 Å². The first-order chi connectivity index (χ1) is 18.8. The van der Waals surface area contributed by atoms with Crippen molar-refractivity contribution >= 4 is 35.3 Å². The van der Waals surface area contributed by atoms with Crippen molar-refractivity contribution in [3.63, 3.8) is 0 Å². The number of benzene rings is 2. The molecule has 2 heterocycles. The molecule has 6 nitrogen and oxygen atoms in total. The van der Waals surface area contributed by atoms with Crippen molar-refractivity contribution in [2.75, 3.05) is 44.7 Å². The molecule has 0 bridgehead atoms. The normalized spacial score (nSPS) is 18.4. The number of nitrogens with one attached hydrogen (secondary N) is 1. The van der Waals surface area contributed by atoms with Gasteiger partial charge in [-0.15, -0.1) is 0 Å². The van der Waals surface area contributed by atoms with Crippen LogP contribution in [0, 0.1) is 0 Å². The molecule has 2 aliphatic heterocycles. The van der Waals surface area contributed by atoms with E-state index in [0.717, 1.165) is 24.3 Å². The van der Waals surface area contributed by atoms with Gasteiger partial charge in [-0.2, -0.15) is 26.3 Å². The molecule has 2 aromatic rings. The largest absolute Gasteiger partial charge is 0.418 e. The summed E-state index contributed by atoms with van der Waals surface area (Å²) in [7, 11) is 0. The fraction of sp³-hybridized carbons (Fsp3) is 0.407. The van der Waals surface area contributed by atoms with E-state index in [-0.39, 0.29) is 38.3 Å². The highest BCUT2D eigenvalue weighted by Crippen LogP contribution is 2.48. The molecule has 2 saturated heterocycles. The van der Waals surface area contributed by atoms with Gasteiger partial charge in [0.15, 0.2) is 0 Å². The molecule has 0 aromatic heterocycles. The topological polar surface area (TPSA) is 61.9 Å². The standard InChI is InChI=1S/C27H27F6N3O3S/c1-17(37)36-10-9-20(16-36)34-19-3-2-4-21(15-19)40-22-7-5-18(6-8-23(38)35-11-13-39-14-12-35)24(26(28,29)30)25(22)27(31,32)33/h2-8,15,20,34H,9-14,16H2,1H3/b8-6+. The van der Waals surface area contributed by atoms with Crippen molar-refractivity contribution < 1.29 is 40.7 Å². The highest BCUT2D eigenvalue weighted by atomic mass is 32.2. The van der Waals surface area contributed by atoms with Crippen LogP contribution in [0.5, 0.6) is 0 Å². The summed E-state index contributed by atoms with van der Waals surface area (Å²) in [5.74, 6) is -0.668. The summed E-state index contributed by atoms with van der Waals surface area (Å²) in [6, 6.07) is 8.24. The molecule has 0 spiro atoms. The van der Waals surface area contributed by atoms with Crippen LogP contribution >= 0.6 is 11.8 Å². The zero-order chi connectivity index (χ0) is 29.1. The average Bonchev–Trinajstić information content (AvgIpc) is 3.36. The van der Waals surface area contributed by atoms with Crippen molar-refractivity contribution in [1.29, 1.82) is 0 Å². The summed E-state index contributed by atoms with van der Waals surface area (Å²) in [4.78, 5) is 26.7. The Morgan fingerprint density at radius 3 is 2.30 bits per heavy atom. The minimum atomic E-state index is -5.34. The van der Waals surface area contributed by atoms with Crippen LogP contribution in [0.3, 0.4) is 0 Å². The van der Waals surface area contributed by atoms with Gasteiger partial charge in [0, 0.05) is 60.7 Å². The van der Waals surface area contributed by atoms with Gasteiger partial charge in [0.25, 0.3) is 0 Å². The van der Waals surface area contributed by atoms with Crippen LogP contribution in [-0.4, -0.2) is 67.0 Å². The number of amides is 2. The summed E-state index contributed by atoms with van der Waals surface area (Å²) in [5.41, 5.74) is -3.83. The lowest BCUT2D eigenvalue weighted by Gasteiger charge is -2.25. The first kappa shape index (κ1) is 29.8. The molecule has 1 N–H and O–H groups in total. The van der Waals surface area contributed by atoms with Crippen LogP contribution in [0.15, 0.2) is 52.3 Å². The molecule has 40 heavy (non-hydrogen) atoms. The van der Waals surface area contributed by atoms with Crippen LogP contribution in [0.25, 0.3) is 6.08 Å². The molecule has 216 valence electrons. The quantitative estimate of drug-likeness (QED) is 0.343. The Kier molecular flexibility index (Phi) is 9.03. The Morgan fingerprint density at radius 2 is 1.68 bits per heavy atom. The third-order valence-electron chi connectivity index (χ3n) is 6.56. The molecule has 2 aromatic carbocycles. The monoisotopic (exact) mass is 587 g/mol. The van der Waals surface area contributed by atoms with Crippen LogP contribution in [0.4, 0.5) is 32.0 Å². The Hall–Kier alpha value is -3.19. The maximum atomic E-state index is 14.2. The number of carbonyl (C=O) groups excluding carboxylic acids is 2. The van der Waals surface area contributed by atoms with Crippen LogP contribution in [0.2, 0.25) is 0 Å². The van der Waals surface area contributed by atoms with Gasteiger partial charge >= 0.3 is 12.4 Å². The molecule has 0 aliphatic carbocycles. The summed E-state index contributed by atoms with van der Waals surface area (Å²) in [6.45, 7) is 3.54. The predicted octanol–water partition coefficient (Wildman–Crippen LogP) is 5.78. The maximum absolute atomic E-state index is 14.2. The lowest BCUT2D eigenvalue weighted by atomic mass is 9.99. The van der Waals surface area contributed by atoms with E-state index >= 15 is 0 Å². The van der Waals surface area contributed by atoms with Gasteiger partial charge in [0.2, 0.25) is 11.8 Å². The molecule has 0 radical (unpaired) electrons. The number of ether oxygens (including phenoxy) is 1. The summed E-state index contributed by atoms with van der Waals surface area (Å²) < 4.78 is 90.1.